The van der Waals surface area contributed by atoms with Gasteiger partial charge in [0.05, 0.1) is 7.11 Å². The second-order valence-electron chi connectivity index (χ2n) is 5.76. The van der Waals surface area contributed by atoms with Crippen molar-refractivity contribution in [3.63, 3.8) is 0 Å². The van der Waals surface area contributed by atoms with Gasteiger partial charge in [0, 0.05) is 18.1 Å². The van der Waals surface area contributed by atoms with Crippen molar-refractivity contribution < 1.29 is 24.2 Å². The first-order valence-electron chi connectivity index (χ1n) is 7.25. The van der Waals surface area contributed by atoms with Crippen LogP contribution in [0.4, 0.5) is 0 Å². The van der Waals surface area contributed by atoms with E-state index in [9.17, 15) is 19.5 Å². The number of carbonyl (C=O) groups excluding carboxylic acids is 2. The Bertz CT molecular complexity index is 714. The van der Waals surface area contributed by atoms with E-state index in [-0.39, 0.29) is 30.1 Å². The van der Waals surface area contributed by atoms with Crippen molar-refractivity contribution in [3.05, 3.63) is 0 Å². The second kappa shape index (κ2) is 6.80. The Morgan fingerprint density at radius 3 is 3.00 bits per heavy atom. The number of methoxy groups -OCH3 is 1. The van der Waals surface area contributed by atoms with Crippen LogP contribution in [0.1, 0.15) is 0 Å². The fraction of sp³-hybridized carbons (Fsp3) is 0.667. The zero-order chi connectivity index (χ0) is 18.2. The van der Waals surface area contributed by atoms with Gasteiger partial charge in [-0.05, 0) is 10.4 Å². The molecule has 0 aliphatic carbocycles. The van der Waals surface area contributed by atoms with Crippen molar-refractivity contribution in [2.45, 2.75) is 23.1 Å². The maximum Gasteiger partial charge on any atom is 0.327 e. The summed E-state index contributed by atoms with van der Waals surface area (Å²) in [7, 11) is 1.25. The highest BCUT2D eigenvalue weighted by Gasteiger charge is 2.55. The topological polar surface area (TPSA) is 154 Å². The van der Waals surface area contributed by atoms with Crippen LogP contribution in [0.5, 0.6) is 0 Å². The van der Waals surface area contributed by atoms with Gasteiger partial charge < -0.3 is 20.5 Å². The van der Waals surface area contributed by atoms with Crippen molar-refractivity contribution in [2.24, 2.45) is 11.1 Å². The molecule has 1 aromatic heterocycles. The van der Waals surface area contributed by atoms with Gasteiger partial charge in [-0.1, -0.05) is 11.8 Å². The van der Waals surface area contributed by atoms with Crippen molar-refractivity contribution in [2.75, 3.05) is 25.2 Å². The highest BCUT2D eigenvalue weighted by molar-refractivity contribution is 8.00. The lowest BCUT2D eigenvalue weighted by molar-refractivity contribution is -0.155. The molecule has 0 aromatic carbocycles. The number of ether oxygens (including phenoxy) is 1. The van der Waals surface area contributed by atoms with E-state index in [0.29, 0.717) is 10.9 Å². The third kappa shape index (κ3) is 3.18. The summed E-state index contributed by atoms with van der Waals surface area (Å²) in [6, 6.07) is -0.559. The second-order valence-corrected chi connectivity index (χ2v) is 7.81. The molecule has 2 saturated heterocycles. The van der Waals surface area contributed by atoms with Crippen molar-refractivity contribution in [1.82, 2.24) is 25.1 Å². The van der Waals surface area contributed by atoms with Crippen LogP contribution in [-0.4, -0.2) is 84.6 Å². The summed E-state index contributed by atoms with van der Waals surface area (Å²) >= 11 is 2.49. The average Bonchev–Trinajstić information content (AvgIpc) is 3.05. The number of nitrogens with two attached hydrogens (primary N) is 1. The molecule has 2 aliphatic rings. The maximum atomic E-state index is 11.9. The van der Waals surface area contributed by atoms with E-state index in [2.05, 4.69) is 20.3 Å². The number of hydrogen-bond acceptors (Lipinski definition) is 10. The SMILES string of the molecule is COC(=O)Cn1nnnc1SCC1(C(=O)O)CS[C@@H]2C(N)C(=O)N2C1. The lowest BCUT2D eigenvalue weighted by Gasteiger charge is -2.52. The van der Waals surface area contributed by atoms with Gasteiger partial charge in [-0.3, -0.25) is 14.4 Å². The predicted molar refractivity (Wildman–Crippen MR) is 86.6 cm³/mol. The highest BCUT2D eigenvalue weighted by Crippen LogP contribution is 2.43. The number of esters is 1. The lowest BCUT2D eigenvalue weighted by Crippen LogP contribution is -2.72. The quantitative estimate of drug-likeness (QED) is 0.324. The molecule has 136 valence electrons. The number of aliphatic carboxylic acids is 1. The summed E-state index contributed by atoms with van der Waals surface area (Å²) in [6.45, 7) is -0.0692. The third-order valence-corrected chi connectivity index (χ3v) is 6.98. The zero-order valence-electron chi connectivity index (χ0n) is 13.2. The summed E-state index contributed by atoms with van der Waals surface area (Å²) in [6.07, 6.45) is 0. The number of carboxylic acids is 1. The van der Waals surface area contributed by atoms with Crippen LogP contribution in [0.15, 0.2) is 5.16 Å². The first kappa shape index (κ1) is 17.9. The number of carbonyl (C=O) groups is 3. The maximum absolute atomic E-state index is 11.9. The van der Waals surface area contributed by atoms with Gasteiger partial charge >= 0.3 is 11.9 Å². The summed E-state index contributed by atoms with van der Waals surface area (Å²) < 4.78 is 5.81. The lowest BCUT2D eigenvalue weighted by atomic mass is 9.89. The number of rotatable bonds is 6. The molecule has 2 aliphatic heterocycles. The number of nitrogens with zero attached hydrogens (tertiary/aromatic N) is 5. The van der Waals surface area contributed by atoms with E-state index < -0.39 is 23.4 Å². The average molecular weight is 388 g/mol. The number of fused-ring (bicyclic) bond motifs is 1. The standard InChI is InChI=1S/C12H16N6O5S2/c1-23-6(19)2-18-11(14-15-16-18)25-5-12(10(21)22)3-17-8(20)7(13)9(17)24-4-12/h7,9H,2-5,13H2,1H3,(H,21,22)/t7?,9-,12?/m1/s1. The minimum Gasteiger partial charge on any atom is -0.481 e. The number of amides is 1. The van der Waals surface area contributed by atoms with E-state index in [1.807, 2.05) is 0 Å². The third-order valence-electron chi connectivity index (χ3n) is 4.12. The number of carboxylic acid groups (broad SMARTS) is 1. The van der Waals surface area contributed by atoms with Gasteiger partial charge in [0.25, 0.3) is 0 Å². The van der Waals surface area contributed by atoms with Crippen LogP contribution in [0.25, 0.3) is 0 Å². The molecule has 0 saturated carbocycles. The van der Waals surface area contributed by atoms with Crippen molar-refractivity contribution in [1.29, 1.82) is 0 Å². The van der Waals surface area contributed by atoms with E-state index in [1.165, 1.54) is 28.5 Å². The Hall–Kier alpha value is -1.86. The van der Waals surface area contributed by atoms with Gasteiger partial charge in [0.15, 0.2) is 0 Å². The van der Waals surface area contributed by atoms with Gasteiger partial charge in [-0.15, -0.1) is 16.9 Å². The van der Waals surface area contributed by atoms with Crippen molar-refractivity contribution in [3.8, 4) is 0 Å². The Labute approximate surface area is 150 Å². The summed E-state index contributed by atoms with van der Waals surface area (Å²) in [4.78, 5) is 36.6. The molecular formula is C12H16N6O5S2. The minimum absolute atomic E-state index is 0.0953. The molecule has 25 heavy (non-hydrogen) atoms. The molecule has 1 aromatic rings. The van der Waals surface area contributed by atoms with Crippen LogP contribution in [0.3, 0.4) is 0 Å². The molecule has 3 heterocycles. The number of β-lactam (4-membered cyclic amide) rings is 1. The fourth-order valence-electron chi connectivity index (χ4n) is 2.60. The molecule has 1 amide bonds. The normalized spacial score (nSPS) is 28.2. The molecule has 11 nitrogen and oxygen atoms in total. The Balaban J connectivity index is 1.70. The largest absolute Gasteiger partial charge is 0.481 e. The molecular weight excluding hydrogens is 372 g/mol. The summed E-state index contributed by atoms with van der Waals surface area (Å²) in [5, 5.41) is 20.9. The first-order chi connectivity index (χ1) is 11.9. The molecule has 2 fully saturated rings. The van der Waals surface area contributed by atoms with E-state index in [1.54, 1.807) is 0 Å². The Kier molecular flexibility index (Phi) is 4.88. The monoisotopic (exact) mass is 388 g/mol. The fourth-order valence-corrected chi connectivity index (χ4v) is 5.28. The summed E-state index contributed by atoms with van der Waals surface area (Å²) in [5.41, 5.74) is 4.60. The molecule has 13 heteroatoms. The van der Waals surface area contributed by atoms with E-state index >= 15 is 0 Å². The first-order valence-corrected chi connectivity index (χ1v) is 9.28. The van der Waals surface area contributed by atoms with Crippen LogP contribution >= 0.6 is 23.5 Å². The van der Waals surface area contributed by atoms with Gasteiger partial charge in [-0.2, -0.15) is 0 Å². The molecule has 0 radical (unpaired) electrons. The van der Waals surface area contributed by atoms with Crippen LogP contribution < -0.4 is 5.73 Å². The number of aromatic nitrogens is 4. The molecule has 3 N–H and O–H groups in total. The molecule has 2 unspecified atom stereocenters. The molecule has 0 spiro atoms. The highest BCUT2D eigenvalue weighted by atomic mass is 32.2. The molecule has 3 atom stereocenters. The molecule has 3 rings (SSSR count). The van der Waals surface area contributed by atoms with Crippen LogP contribution in [0, 0.1) is 5.41 Å². The minimum atomic E-state index is -1.14. The van der Waals surface area contributed by atoms with Crippen molar-refractivity contribution >= 4 is 41.4 Å². The van der Waals surface area contributed by atoms with E-state index in [4.69, 9.17) is 5.73 Å². The smallest absolute Gasteiger partial charge is 0.327 e. The van der Waals surface area contributed by atoms with Crippen LogP contribution in [-0.2, 0) is 25.7 Å². The Morgan fingerprint density at radius 1 is 1.56 bits per heavy atom. The molecule has 0 bridgehead atoms. The Morgan fingerprint density at radius 2 is 2.32 bits per heavy atom. The summed E-state index contributed by atoms with van der Waals surface area (Å²) in [5.74, 6) is -1.26. The number of tetrazole rings is 1. The van der Waals surface area contributed by atoms with E-state index in [0.717, 1.165) is 11.8 Å². The van der Waals surface area contributed by atoms with Crippen LogP contribution in [0.2, 0.25) is 0 Å². The predicted octanol–water partition coefficient (Wildman–Crippen LogP) is -1.75. The van der Waals surface area contributed by atoms with Gasteiger partial charge in [0.2, 0.25) is 11.1 Å². The number of thioether (sulfide) groups is 2. The zero-order valence-corrected chi connectivity index (χ0v) is 14.8. The van der Waals surface area contributed by atoms with Gasteiger partial charge in [0.1, 0.15) is 23.4 Å². The number of hydrogen-bond donors (Lipinski definition) is 2. The van der Waals surface area contributed by atoms with Gasteiger partial charge in [-0.25, -0.2) is 4.68 Å².